The monoisotopic (exact) mass is 229 g/mol. The largest absolute Gasteiger partial charge is 0.224 e. The van der Waals surface area contributed by atoms with Crippen LogP contribution in [0.3, 0.4) is 0 Å². The van der Waals surface area contributed by atoms with Gasteiger partial charge in [0.15, 0.2) is 9.84 Å². The summed E-state index contributed by atoms with van der Waals surface area (Å²) in [6.45, 7) is 0. The summed E-state index contributed by atoms with van der Waals surface area (Å²) in [4.78, 5) is 0.0980. The average molecular weight is 230 g/mol. The predicted molar refractivity (Wildman–Crippen MR) is 53.9 cm³/mol. The molecule has 0 amide bonds. The molecule has 14 heavy (non-hydrogen) atoms. The third-order valence-electron chi connectivity index (χ3n) is 1.68. The summed E-state index contributed by atoms with van der Waals surface area (Å²) in [6, 6.07) is 6.47. The van der Waals surface area contributed by atoms with E-state index in [-0.39, 0.29) is 16.3 Å². The number of nitrogens with zero attached hydrogens (tertiary/aromatic N) is 1. The third-order valence-corrected chi connectivity index (χ3v) is 3.26. The Morgan fingerprint density at radius 2 is 2.14 bits per heavy atom. The van der Waals surface area contributed by atoms with E-state index in [4.69, 9.17) is 16.9 Å². The van der Waals surface area contributed by atoms with Gasteiger partial charge in [0.25, 0.3) is 0 Å². The highest BCUT2D eigenvalue weighted by molar-refractivity contribution is 7.90. The second-order valence-corrected chi connectivity index (χ2v) is 5.26. The van der Waals surface area contributed by atoms with Gasteiger partial charge in [0.05, 0.1) is 22.4 Å². The van der Waals surface area contributed by atoms with Gasteiger partial charge in [-0.15, -0.1) is 0 Å². The Morgan fingerprint density at radius 1 is 1.50 bits per heavy atom. The van der Waals surface area contributed by atoms with Crippen molar-refractivity contribution < 1.29 is 8.42 Å². The molecule has 0 heterocycles. The summed E-state index contributed by atoms with van der Waals surface area (Å²) in [5.74, 6) is 0. The van der Waals surface area contributed by atoms with Crippen molar-refractivity contribution in [3.63, 3.8) is 0 Å². The highest BCUT2D eigenvalue weighted by atomic mass is 35.5. The van der Waals surface area contributed by atoms with Crippen LogP contribution in [0, 0.1) is 11.3 Å². The lowest BCUT2D eigenvalue weighted by atomic mass is 10.2. The van der Waals surface area contributed by atoms with E-state index in [1.807, 2.05) is 6.07 Å². The number of halogens is 1. The van der Waals surface area contributed by atoms with Gasteiger partial charge in [-0.1, -0.05) is 17.7 Å². The van der Waals surface area contributed by atoms with E-state index in [9.17, 15) is 8.42 Å². The van der Waals surface area contributed by atoms with Crippen LogP contribution in [-0.2, 0) is 16.3 Å². The van der Waals surface area contributed by atoms with Crippen LogP contribution in [0.1, 0.15) is 5.56 Å². The minimum atomic E-state index is -3.28. The maximum absolute atomic E-state index is 11.2. The molecule has 3 nitrogen and oxygen atoms in total. The van der Waals surface area contributed by atoms with Gasteiger partial charge < -0.3 is 0 Å². The van der Waals surface area contributed by atoms with E-state index < -0.39 is 9.84 Å². The number of rotatable bonds is 2. The van der Waals surface area contributed by atoms with Crippen LogP contribution in [-0.4, -0.2) is 14.7 Å². The van der Waals surface area contributed by atoms with Crippen molar-refractivity contribution >= 4 is 21.4 Å². The molecule has 0 aliphatic carbocycles. The Labute approximate surface area is 87.8 Å². The summed E-state index contributed by atoms with van der Waals surface area (Å²) in [6.07, 6.45) is 1.32. The number of nitriles is 1. The molecule has 0 radical (unpaired) electrons. The molecule has 1 aromatic carbocycles. The van der Waals surface area contributed by atoms with Gasteiger partial charge in [0, 0.05) is 6.26 Å². The number of sulfone groups is 1. The molecule has 0 spiro atoms. The summed E-state index contributed by atoms with van der Waals surface area (Å²) in [7, 11) is -3.28. The van der Waals surface area contributed by atoms with Crippen molar-refractivity contribution in [1.82, 2.24) is 0 Å². The molecular formula is C9H8ClNO2S. The summed E-state index contributed by atoms with van der Waals surface area (Å²) < 4.78 is 22.3. The molecule has 0 bridgehead atoms. The SMILES string of the molecule is CS(=O)(=O)c1ccc(CC#N)cc1Cl. The van der Waals surface area contributed by atoms with E-state index in [1.54, 1.807) is 6.07 Å². The minimum Gasteiger partial charge on any atom is -0.224 e. The van der Waals surface area contributed by atoms with Crippen molar-refractivity contribution in [2.24, 2.45) is 0 Å². The van der Waals surface area contributed by atoms with Gasteiger partial charge in [0.1, 0.15) is 0 Å². The van der Waals surface area contributed by atoms with Crippen molar-refractivity contribution in [3.05, 3.63) is 28.8 Å². The van der Waals surface area contributed by atoms with Crippen LogP contribution in [0.2, 0.25) is 5.02 Å². The lowest BCUT2D eigenvalue weighted by Crippen LogP contribution is -1.98. The van der Waals surface area contributed by atoms with E-state index in [2.05, 4.69) is 0 Å². The predicted octanol–water partition coefficient (Wildman–Crippen LogP) is 1.81. The Balaban J connectivity index is 3.23. The van der Waals surface area contributed by atoms with Gasteiger partial charge >= 0.3 is 0 Å². The minimum absolute atomic E-state index is 0.0980. The zero-order valence-corrected chi connectivity index (χ0v) is 9.06. The van der Waals surface area contributed by atoms with Crippen LogP contribution in [0.4, 0.5) is 0 Å². The van der Waals surface area contributed by atoms with Gasteiger partial charge in [-0.2, -0.15) is 5.26 Å². The van der Waals surface area contributed by atoms with E-state index in [0.717, 1.165) is 6.26 Å². The molecule has 0 aliphatic rings. The van der Waals surface area contributed by atoms with Crippen LogP contribution >= 0.6 is 11.6 Å². The first kappa shape index (κ1) is 11.0. The molecule has 5 heteroatoms. The highest BCUT2D eigenvalue weighted by Gasteiger charge is 2.11. The molecule has 1 aromatic rings. The first-order chi connectivity index (χ1) is 6.45. The quantitative estimate of drug-likeness (QED) is 0.777. The number of hydrogen-bond acceptors (Lipinski definition) is 3. The van der Waals surface area contributed by atoms with Gasteiger partial charge in [-0.25, -0.2) is 8.42 Å². The van der Waals surface area contributed by atoms with E-state index in [0.29, 0.717) is 5.56 Å². The summed E-state index contributed by atoms with van der Waals surface area (Å²) in [5, 5.41) is 8.60. The van der Waals surface area contributed by atoms with Crippen molar-refractivity contribution in [2.45, 2.75) is 11.3 Å². The standard InChI is InChI=1S/C9H8ClNO2S/c1-14(12,13)9-3-2-7(4-5-11)6-8(9)10/h2-3,6H,4H2,1H3. The topological polar surface area (TPSA) is 57.9 Å². The average Bonchev–Trinajstić information content (AvgIpc) is 2.02. The van der Waals surface area contributed by atoms with Crippen LogP contribution in [0.15, 0.2) is 23.1 Å². The fraction of sp³-hybridized carbons (Fsp3) is 0.222. The third kappa shape index (κ3) is 2.47. The second-order valence-electron chi connectivity index (χ2n) is 2.87. The van der Waals surface area contributed by atoms with Gasteiger partial charge in [0.2, 0.25) is 0 Å². The van der Waals surface area contributed by atoms with Crippen LogP contribution < -0.4 is 0 Å². The molecule has 0 aromatic heterocycles. The fourth-order valence-electron chi connectivity index (χ4n) is 1.05. The Morgan fingerprint density at radius 3 is 2.57 bits per heavy atom. The molecule has 0 saturated carbocycles. The molecule has 0 N–H and O–H groups in total. The second kappa shape index (κ2) is 3.99. The van der Waals surface area contributed by atoms with E-state index >= 15 is 0 Å². The summed E-state index contributed by atoms with van der Waals surface area (Å²) in [5.41, 5.74) is 0.713. The molecular weight excluding hydrogens is 222 g/mol. The number of hydrogen-bond donors (Lipinski definition) is 0. The fourth-order valence-corrected chi connectivity index (χ4v) is 2.40. The first-order valence-electron chi connectivity index (χ1n) is 3.80. The van der Waals surface area contributed by atoms with Crippen LogP contribution in [0.25, 0.3) is 0 Å². The molecule has 0 aliphatic heterocycles. The van der Waals surface area contributed by atoms with Crippen LogP contribution in [0.5, 0.6) is 0 Å². The first-order valence-corrected chi connectivity index (χ1v) is 6.07. The Hall–Kier alpha value is -1.05. The molecule has 1 rings (SSSR count). The normalized spacial score (nSPS) is 10.9. The van der Waals surface area contributed by atoms with Crippen molar-refractivity contribution in [1.29, 1.82) is 5.26 Å². The number of benzene rings is 1. The molecule has 0 unspecified atom stereocenters. The van der Waals surface area contributed by atoms with Gasteiger partial charge in [-0.05, 0) is 17.7 Å². The molecule has 74 valence electrons. The van der Waals surface area contributed by atoms with Crippen molar-refractivity contribution in [2.75, 3.05) is 6.26 Å². The van der Waals surface area contributed by atoms with Gasteiger partial charge in [-0.3, -0.25) is 0 Å². The zero-order chi connectivity index (χ0) is 10.8. The smallest absolute Gasteiger partial charge is 0.176 e. The Bertz CT molecular complexity index is 488. The highest BCUT2D eigenvalue weighted by Crippen LogP contribution is 2.22. The molecule has 0 atom stereocenters. The maximum atomic E-state index is 11.2. The zero-order valence-electron chi connectivity index (χ0n) is 7.49. The lowest BCUT2D eigenvalue weighted by Gasteiger charge is -2.02. The maximum Gasteiger partial charge on any atom is 0.176 e. The Kier molecular flexibility index (Phi) is 3.14. The molecule has 0 fully saturated rings. The summed E-state index contributed by atoms with van der Waals surface area (Å²) >= 11 is 5.76. The molecule has 0 saturated heterocycles. The lowest BCUT2D eigenvalue weighted by molar-refractivity contribution is 0.602. The van der Waals surface area contributed by atoms with E-state index in [1.165, 1.54) is 12.1 Å². The van der Waals surface area contributed by atoms with Crippen molar-refractivity contribution in [3.8, 4) is 6.07 Å².